The third kappa shape index (κ3) is 5.60. The number of hydrogen-bond acceptors (Lipinski definition) is 8. The highest BCUT2D eigenvalue weighted by Gasteiger charge is 2.42. The van der Waals surface area contributed by atoms with Crippen LogP contribution >= 0.6 is 23.2 Å². The Bertz CT molecular complexity index is 1860. The zero-order chi connectivity index (χ0) is 32.3. The Hall–Kier alpha value is -4.13. The third-order valence-electron chi connectivity index (χ3n) is 8.30. The van der Waals surface area contributed by atoms with Crippen LogP contribution in [0.1, 0.15) is 38.1 Å². The van der Waals surface area contributed by atoms with Gasteiger partial charge in [0.2, 0.25) is 5.91 Å². The van der Waals surface area contributed by atoms with Gasteiger partial charge in [-0.15, -0.1) is 0 Å². The summed E-state index contributed by atoms with van der Waals surface area (Å²) in [6.45, 7) is 9.95. The van der Waals surface area contributed by atoms with Crippen molar-refractivity contribution in [2.45, 2.75) is 45.3 Å². The number of likely N-dealkylation sites (N-methyl/N-ethyl adjacent to an activating group) is 1. The molecule has 0 radical (unpaired) electrons. The van der Waals surface area contributed by atoms with Gasteiger partial charge in [0.05, 0.1) is 39.2 Å². The molecular formula is C30H34Cl2N8O4. The predicted octanol–water partition coefficient (Wildman–Crippen LogP) is 3.86. The van der Waals surface area contributed by atoms with Gasteiger partial charge in [0.1, 0.15) is 23.8 Å². The summed E-state index contributed by atoms with van der Waals surface area (Å²) in [5, 5.41) is 13.4. The number of halogens is 2. The molecule has 14 heteroatoms. The summed E-state index contributed by atoms with van der Waals surface area (Å²) < 4.78 is 2.82. The molecule has 1 aliphatic rings. The van der Waals surface area contributed by atoms with Crippen molar-refractivity contribution >= 4 is 57.6 Å². The van der Waals surface area contributed by atoms with Crippen LogP contribution in [0.2, 0.25) is 10.0 Å². The fraction of sp³-hybridized carbons (Fsp3) is 0.367. The molecule has 0 saturated carbocycles. The number of carbonyl (C=O) groups excluding carboxylic acids is 2. The monoisotopic (exact) mass is 640 g/mol. The number of amides is 2. The van der Waals surface area contributed by atoms with E-state index in [0.29, 0.717) is 22.6 Å². The molecule has 2 amide bonds. The zero-order valence-electron chi connectivity index (χ0n) is 25.3. The standard InChI is InChI=1S/C30H34Cl2N8O4/c1-29(2)13-40(14-30(3,4)38(29)6)22-9-21(20(32)10-34-22)36-23(41)12-39-11-18(24-27(39)35-15-37(5)28(24)44)16-7-17(26(33)43)25(42)19(31)8-16/h7-11,15,42H,12-14H2,1-6H3,(H2,33,43)(H,34,36,41). The fourth-order valence-electron chi connectivity index (χ4n) is 5.77. The van der Waals surface area contributed by atoms with Crippen LogP contribution in [0.3, 0.4) is 0 Å². The van der Waals surface area contributed by atoms with Gasteiger partial charge in [-0.1, -0.05) is 23.2 Å². The second-order valence-corrected chi connectivity index (χ2v) is 13.2. The number of carbonyl (C=O) groups is 2. The Balaban J connectivity index is 1.48. The molecule has 1 fully saturated rings. The lowest BCUT2D eigenvalue weighted by atomic mass is 9.88. The quantitative estimate of drug-likeness (QED) is 0.287. The van der Waals surface area contributed by atoms with Crippen molar-refractivity contribution < 1.29 is 14.7 Å². The Kier molecular flexibility index (Phi) is 7.90. The number of aryl methyl sites for hydroxylation is 1. The van der Waals surface area contributed by atoms with Crippen LogP contribution in [-0.4, -0.2) is 72.1 Å². The summed E-state index contributed by atoms with van der Waals surface area (Å²) in [6, 6.07) is 4.51. The first kappa shape index (κ1) is 31.3. The van der Waals surface area contributed by atoms with E-state index >= 15 is 0 Å². The minimum absolute atomic E-state index is 0.120. The molecule has 4 aromatic rings. The highest BCUT2D eigenvalue weighted by molar-refractivity contribution is 6.34. The molecule has 0 bridgehead atoms. The number of nitrogens with zero attached hydrogens (tertiary/aromatic N) is 6. The molecular weight excluding hydrogens is 607 g/mol. The lowest BCUT2D eigenvalue weighted by molar-refractivity contribution is -0.116. The average Bonchev–Trinajstić information content (AvgIpc) is 3.30. The number of aromatic nitrogens is 4. The smallest absolute Gasteiger partial charge is 0.263 e. The van der Waals surface area contributed by atoms with Gasteiger partial charge < -0.3 is 30.2 Å². The van der Waals surface area contributed by atoms with E-state index in [1.807, 2.05) is 0 Å². The SMILES string of the molecule is CN1C(C)(C)CN(c2cc(NC(=O)Cn3cc(-c4cc(Cl)c(O)c(C(N)=O)c4)c4c(=O)n(C)cnc43)c(Cl)cn2)CC1(C)C. The van der Waals surface area contributed by atoms with Crippen LogP contribution in [0.25, 0.3) is 22.2 Å². The topological polar surface area (TPSA) is 152 Å². The number of benzene rings is 1. The maximum Gasteiger partial charge on any atom is 0.263 e. The maximum absolute atomic E-state index is 13.4. The van der Waals surface area contributed by atoms with E-state index in [4.69, 9.17) is 28.9 Å². The summed E-state index contributed by atoms with van der Waals surface area (Å²) >= 11 is 12.7. The van der Waals surface area contributed by atoms with E-state index in [-0.39, 0.29) is 49.8 Å². The van der Waals surface area contributed by atoms with Crippen molar-refractivity contribution in [2.75, 3.05) is 30.4 Å². The minimum Gasteiger partial charge on any atom is -0.506 e. The molecule has 1 aliphatic heterocycles. The van der Waals surface area contributed by atoms with Gasteiger partial charge in [0, 0.05) is 49.0 Å². The predicted molar refractivity (Wildman–Crippen MR) is 172 cm³/mol. The summed E-state index contributed by atoms with van der Waals surface area (Å²) in [7, 11) is 3.67. The highest BCUT2D eigenvalue weighted by Crippen LogP contribution is 2.37. The molecule has 232 valence electrons. The molecule has 4 heterocycles. The van der Waals surface area contributed by atoms with Crippen LogP contribution in [0.15, 0.2) is 41.7 Å². The van der Waals surface area contributed by atoms with E-state index in [1.54, 1.807) is 19.3 Å². The normalized spacial score (nSPS) is 16.3. The van der Waals surface area contributed by atoms with Gasteiger partial charge in [-0.3, -0.25) is 19.3 Å². The van der Waals surface area contributed by atoms with Gasteiger partial charge in [-0.05, 0) is 52.4 Å². The molecule has 4 N–H and O–H groups in total. The van der Waals surface area contributed by atoms with E-state index in [2.05, 4.69) is 59.8 Å². The number of pyridine rings is 1. The van der Waals surface area contributed by atoms with E-state index in [0.717, 1.165) is 13.1 Å². The average molecular weight is 642 g/mol. The summed E-state index contributed by atoms with van der Waals surface area (Å²) in [5.41, 5.74) is 5.94. The molecule has 1 aromatic carbocycles. The van der Waals surface area contributed by atoms with Crippen molar-refractivity contribution in [2.24, 2.45) is 12.8 Å². The molecule has 0 spiro atoms. The first-order valence-corrected chi connectivity index (χ1v) is 14.6. The van der Waals surface area contributed by atoms with Crippen LogP contribution < -0.4 is 21.5 Å². The second-order valence-electron chi connectivity index (χ2n) is 12.4. The van der Waals surface area contributed by atoms with Gasteiger partial charge in [-0.2, -0.15) is 0 Å². The summed E-state index contributed by atoms with van der Waals surface area (Å²) in [6.07, 6.45) is 4.44. The van der Waals surface area contributed by atoms with E-state index < -0.39 is 17.6 Å². The summed E-state index contributed by atoms with van der Waals surface area (Å²) in [4.78, 5) is 52.1. The van der Waals surface area contributed by atoms with Crippen molar-refractivity contribution in [3.8, 4) is 16.9 Å². The number of anilines is 2. The number of nitrogens with two attached hydrogens (primary N) is 1. The molecule has 12 nitrogen and oxygen atoms in total. The number of primary amides is 1. The third-order valence-corrected chi connectivity index (χ3v) is 8.89. The molecule has 1 saturated heterocycles. The Morgan fingerprint density at radius 3 is 2.34 bits per heavy atom. The van der Waals surface area contributed by atoms with Crippen molar-refractivity contribution in [3.63, 3.8) is 0 Å². The number of aromatic hydroxyl groups is 1. The first-order chi connectivity index (χ1) is 20.5. The van der Waals surface area contributed by atoms with Crippen molar-refractivity contribution in [1.29, 1.82) is 0 Å². The Morgan fingerprint density at radius 2 is 1.70 bits per heavy atom. The number of nitrogens with one attached hydrogen (secondary N) is 1. The second kappa shape index (κ2) is 11.1. The molecule has 44 heavy (non-hydrogen) atoms. The van der Waals surface area contributed by atoms with Crippen molar-refractivity contribution in [1.82, 2.24) is 24.0 Å². The van der Waals surface area contributed by atoms with Gasteiger partial charge in [-0.25, -0.2) is 9.97 Å². The molecule has 5 rings (SSSR count). The van der Waals surface area contributed by atoms with Gasteiger partial charge in [0.25, 0.3) is 11.5 Å². The molecule has 0 atom stereocenters. The zero-order valence-corrected chi connectivity index (χ0v) is 26.8. The van der Waals surface area contributed by atoms with Crippen LogP contribution in [-0.2, 0) is 18.4 Å². The maximum atomic E-state index is 13.4. The van der Waals surface area contributed by atoms with Gasteiger partial charge >= 0.3 is 0 Å². The largest absolute Gasteiger partial charge is 0.506 e. The lowest BCUT2D eigenvalue weighted by Gasteiger charge is -2.55. The molecule has 3 aromatic heterocycles. The minimum atomic E-state index is -0.891. The van der Waals surface area contributed by atoms with Crippen LogP contribution in [0, 0.1) is 0 Å². The molecule has 0 unspecified atom stereocenters. The first-order valence-electron chi connectivity index (χ1n) is 13.8. The fourth-order valence-corrected chi connectivity index (χ4v) is 6.14. The number of rotatable bonds is 6. The highest BCUT2D eigenvalue weighted by atomic mass is 35.5. The molecule has 0 aliphatic carbocycles. The number of piperazine rings is 1. The number of fused-ring (bicyclic) bond motifs is 1. The Labute approximate surface area is 264 Å². The van der Waals surface area contributed by atoms with Gasteiger partial charge in [0.15, 0.2) is 0 Å². The number of phenols is 1. The van der Waals surface area contributed by atoms with Crippen molar-refractivity contribution in [3.05, 3.63) is 62.9 Å². The lowest BCUT2D eigenvalue weighted by Crippen LogP contribution is -2.67. The van der Waals surface area contributed by atoms with Crippen LogP contribution in [0.5, 0.6) is 5.75 Å². The van der Waals surface area contributed by atoms with E-state index in [1.165, 1.54) is 33.8 Å². The summed E-state index contributed by atoms with van der Waals surface area (Å²) in [5.74, 6) is -1.09. The number of hydrogen-bond donors (Lipinski definition) is 3. The van der Waals surface area contributed by atoms with Crippen LogP contribution in [0.4, 0.5) is 11.5 Å². The Morgan fingerprint density at radius 1 is 1.05 bits per heavy atom. The van der Waals surface area contributed by atoms with E-state index in [9.17, 15) is 19.5 Å².